The van der Waals surface area contributed by atoms with Gasteiger partial charge in [0.15, 0.2) is 0 Å². The molecule has 2 aromatic carbocycles. The molecule has 3 rings (SSSR count). The largest absolute Gasteiger partial charge is 0.386 e. The Balaban J connectivity index is 1.87. The van der Waals surface area contributed by atoms with Gasteiger partial charge in [0.25, 0.3) is 5.56 Å². The number of hydrogen-bond acceptors (Lipinski definition) is 3. The van der Waals surface area contributed by atoms with Crippen LogP contribution in [-0.4, -0.2) is 14.9 Å². The van der Waals surface area contributed by atoms with E-state index in [-0.39, 0.29) is 17.9 Å². The Hall–Kier alpha value is -2.50. The fourth-order valence-electron chi connectivity index (χ4n) is 2.31. The molecule has 0 aliphatic carbocycles. The molecule has 0 spiro atoms. The van der Waals surface area contributed by atoms with Crippen LogP contribution < -0.4 is 5.56 Å². The summed E-state index contributed by atoms with van der Waals surface area (Å²) in [6.07, 6.45) is -0.893. The monoisotopic (exact) mass is 344 g/mol. The van der Waals surface area contributed by atoms with Crippen LogP contribution in [0.1, 0.15) is 11.7 Å². The van der Waals surface area contributed by atoms with E-state index in [9.17, 15) is 14.3 Å². The van der Waals surface area contributed by atoms with Crippen molar-refractivity contribution in [1.82, 2.24) is 9.78 Å². The molecule has 0 saturated heterocycles. The number of aliphatic hydroxyl groups is 1. The van der Waals surface area contributed by atoms with Crippen LogP contribution in [0.4, 0.5) is 4.39 Å². The van der Waals surface area contributed by atoms with Gasteiger partial charge < -0.3 is 5.11 Å². The molecule has 122 valence electrons. The molecule has 1 heterocycles. The summed E-state index contributed by atoms with van der Waals surface area (Å²) in [4.78, 5) is 12.0. The van der Waals surface area contributed by atoms with Crippen LogP contribution in [0.3, 0.4) is 0 Å². The minimum atomic E-state index is -0.893. The van der Waals surface area contributed by atoms with E-state index in [1.807, 2.05) is 0 Å². The third-order valence-electron chi connectivity index (χ3n) is 3.61. The van der Waals surface area contributed by atoms with Crippen LogP contribution in [0.25, 0.3) is 11.3 Å². The zero-order chi connectivity index (χ0) is 17.1. The molecule has 4 nitrogen and oxygen atoms in total. The molecule has 0 radical (unpaired) electrons. The highest BCUT2D eigenvalue weighted by molar-refractivity contribution is 6.30. The summed E-state index contributed by atoms with van der Waals surface area (Å²) in [6, 6.07) is 15.5. The maximum Gasteiger partial charge on any atom is 0.266 e. The zero-order valence-electron chi connectivity index (χ0n) is 12.6. The molecular weight excluding hydrogens is 331 g/mol. The van der Waals surface area contributed by atoms with Crippen molar-refractivity contribution in [2.24, 2.45) is 0 Å². The average molecular weight is 345 g/mol. The van der Waals surface area contributed by atoms with E-state index >= 15 is 0 Å². The predicted molar refractivity (Wildman–Crippen MR) is 90.3 cm³/mol. The lowest BCUT2D eigenvalue weighted by atomic mass is 10.1. The molecule has 1 atom stereocenters. The van der Waals surface area contributed by atoms with Crippen LogP contribution >= 0.6 is 11.6 Å². The van der Waals surface area contributed by atoms with Gasteiger partial charge in [-0.15, -0.1) is 0 Å². The summed E-state index contributed by atoms with van der Waals surface area (Å²) in [5.74, 6) is -0.342. The van der Waals surface area contributed by atoms with Gasteiger partial charge in [-0.2, -0.15) is 5.10 Å². The lowest BCUT2D eigenvalue weighted by Gasteiger charge is -2.13. The summed E-state index contributed by atoms with van der Waals surface area (Å²) in [5.41, 5.74) is 1.53. The van der Waals surface area contributed by atoms with Gasteiger partial charge in [0.1, 0.15) is 5.82 Å². The van der Waals surface area contributed by atoms with Crippen LogP contribution in [0.5, 0.6) is 0 Å². The highest BCUT2D eigenvalue weighted by atomic mass is 35.5. The highest BCUT2D eigenvalue weighted by Gasteiger charge is 2.11. The van der Waals surface area contributed by atoms with E-state index in [4.69, 9.17) is 11.6 Å². The first-order valence-corrected chi connectivity index (χ1v) is 7.68. The van der Waals surface area contributed by atoms with Crippen LogP contribution in [0.15, 0.2) is 65.5 Å². The third-order valence-corrected chi connectivity index (χ3v) is 3.86. The maximum atomic E-state index is 13.0. The molecule has 0 fully saturated rings. The minimum absolute atomic E-state index is 0.00942. The number of nitrogens with zero attached hydrogens (tertiary/aromatic N) is 2. The Labute approximate surface area is 142 Å². The second-order valence-electron chi connectivity index (χ2n) is 5.31. The second-order valence-corrected chi connectivity index (χ2v) is 5.75. The molecule has 0 aliphatic heterocycles. The van der Waals surface area contributed by atoms with Gasteiger partial charge in [0, 0.05) is 16.7 Å². The zero-order valence-corrected chi connectivity index (χ0v) is 13.3. The standard InChI is InChI=1S/C18H14ClFN2O2/c19-14-5-1-13(2-6-14)17(23)11-22-18(24)10-9-16(21-22)12-3-7-15(20)8-4-12/h1-10,17,23H,11H2/t17-/m1/s1. The highest BCUT2D eigenvalue weighted by Crippen LogP contribution is 2.19. The Kier molecular flexibility index (Phi) is 4.74. The summed E-state index contributed by atoms with van der Waals surface area (Å²) in [6.45, 7) is 0.00942. The van der Waals surface area contributed by atoms with Crippen LogP contribution in [0, 0.1) is 5.82 Å². The lowest BCUT2D eigenvalue weighted by molar-refractivity contribution is 0.149. The van der Waals surface area contributed by atoms with Gasteiger partial charge in [-0.25, -0.2) is 9.07 Å². The van der Waals surface area contributed by atoms with E-state index < -0.39 is 6.10 Å². The first-order chi connectivity index (χ1) is 11.5. The van der Waals surface area contributed by atoms with Crippen molar-refractivity contribution in [1.29, 1.82) is 0 Å². The molecule has 6 heteroatoms. The molecule has 3 aromatic rings. The van der Waals surface area contributed by atoms with E-state index in [0.29, 0.717) is 21.8 Å². The van der Waals surface area contributed by atoms with E-state index in [1.54, 1.807) is 42.5 Å². The Morgan fingerprint density at radius 3 is 2.38 bits per heavy atom. The molecule has 0 saturated carbocycles. The quantitative estimate of drug-likeness (QED) is 0.788. The van der Waals surface area contributed by atoms with E-state index in [0.717, 1.165) is 0 Å². The Bertz CT molecular complexity index is 892. The number of benzene rings is 2. The molecular formula is C18H14ClFN2O2. The van der Waals surface area contributed by atoms with Gasteiger partial charge in [0.05, 0.1) is 18.3 Å². The van der Waals surface area contributed by atoms with Crippen molar-refractivity contribution in [2.75, 3.05) is 0 Å². The average Bonchev–Trinajstić information content (AvgIpc) is 2.58. The Morgan fingerprint density at radius 1 is 1.04 bits per heavy atom. The summed E-state index contributed by atoms with van der Waals surface area (Å²) >= 11 is 5.83. The molecule has 0 amide bonds. The third kappa shape index (κ3) is 3.69. The summed E-state index contributed by atoms with van der Waals surface area (Å²) in [7, 11) is 0. The second kappa shape index (κ2) is 6.95. The van der Waals surface area contributed by atoms with Crippen LogP contribution in [-0.2, 0) is 6.54 Å². The minimum Gasteiger partial charge on any atom is -0.386 e. The SMILES string of the molecule is O=c1ccc(-c2ccc(F)cc2)nn1C[C@@H](O)c1ccc(Cl)cc1. The molecule has 0 unspecified atom stereocenters. The summed E-state index contributed by atoms with van der Waals surface area (Å²) < 4.78 is 14.2. The topological polar surface area (TPSA) is 55.1 Å². The van der Waals surface area contributed by atoms with Gasteiger partial charge in [-0.1, -0.05) is 23.7 Å². The predicted octanol–water partition coefficient (Wildman–Crippen LogP) is 3.44. The van der Waals surface area contributed by atoms with E-state index in [1.165, 1.54) is 22.9 Å². The van der Waals surface area contributed by atoms with Gasteiger partial charge in [-0.05, 0) is 48.0 Å². The van der Waals surface area contributed by atoms with Gasteiger partial charge >= 0.3 is 0 Å². The molecule has 1 N–H and O–H groups in total. The van der Waals surface area contributed by atoms with Crippen molar-refractivity contribution < 1.29 is 9.50 Å². The van der Waals surface area contributed by atoms with Crippen molar-refractivity contribution in [3.63, 3.8) is 0 Å². The number of hydrogen-bond donors (Lipinski definition) is 1. The van der Waals surface area contributed by atoms with Gasteiger partial charge in [0.2, 0.25) is 0 Å². The normalized spacial score (nSPS) is 12.1. The number of rotatable bonds is 4. The number of halogens is 2. The van der Waals surface area contributed by atoms with Crippen molar-refractivity contribution >= 4 is 11.6 Å². The molecule has 0 bridgehead atoms. The van der Waals surface area contributed by atoms with Crippen molar-refractivity contribution in [3.05, 3.63) is 87.4 Å². The van der Waals surface area contributed by atoms with Crippen molar-refractivity contribution in [3.8, 4) is 11.3 Å². The smallest absolute Gasteiger partial charge is 0.266 e. The van der Waals surface area contributed by atoms with E-state index in [2.05, 4.69) is 5.10 Å². The fourth-order valence-corrected chi connectivity index (χ4v) is 2.43. The maximum absolute atomic E-state index is 13.0. The van der Waals surface area contributed by atoms with Gasteiger partial charge in [-0.3, -0.25) is 4.79 Å². The lowest BCUT2D eigenvalue weighted by Crippen LogP contribution is -2.25. The molecule has 1 aromatic heterocycles. The number of aliphatic hydroxyl groups excluding tert-OH is 1. The van der Waals surface area contributed by atoms with Crippen molar-refractivity contribution in [2.45, 2.75) is 12.6 Å². The molecule has 24 heavy (non-hydrogen) atoms. The first kappa shape index (κ1) is 16.4. The fraction of sp³-hybridized carbons (Fsp3) is 0.111. The molecule has 0 aliphatic rings. The Morgan fingerprint density at radius 2 is 1.71 bits per heavy atom. The first-order valence-electron chi connectivity index (χ1n) is 7.30. The van der Waals surface area contributed by atoms with Crippen LogP contribution in [0.2, 0.25) is 5.02 Å². The number of aromatic nitrogens is 2. The summed E-state index contributed by atoms with van der Waals surface area (Å²) in [5, 5.41) is 15.1.